The molecule has 1 atom stereocenters. The molecule has 2 aliphatic rings. The van der Waals surface area contributed by atoms with E-state index in [1.54, 1.807) is 7.11 Å². The number of hydrogen-bond donors (Lipinski definition) is 1. The molecule has 6 heteroatoms. The number of benzene rings is 1. The molecule has 1 N–H and O–H groups in total. The minimum absolute atomic E-state index is 0.364. The summed E-state index contributed by atoms with van der Waals surface area (Å²) in [6.07, 6.45) is 6.05. The van der Waals surface area contributed by atoms with E-state index in [4.69, 9.17) is 9.47 Å². The number of likely N-dealkylation sites (tertiary alicyclic amines) is 2. The lowest BCUT2D eigenvalue weighted by Gasteiger charge is -2.35. The highest BCUT2D eigenvalue weighted by atomic mass is 16.5. The maximum Gasteiger partial charge on any atom is 0.193 e. The van der Waals surface area contributed by atoms with E-state index in [0.29, 0.717) is 12.1 Å². The number of piperidine rings is 1. The molecule has 3 rings (SSSR count). The van der Waals surface area contributed by atoms with Crippen molar-refractivity contribution in [3.8, 4) is 0 Å². The first-order chi connectivity index (χ1) is 14.3. The van der Waals surface area contributed by atoms with Gasteiger partial charge in [0.2, 0.25) is 0 Å². The molecule has 0 aliphatic carbocycles. The average Bonchev–Trinajstić information content (AvgIpc) is 3.30. The summed E-state index contributed by atoms with van der Waals surface area (Å²) >= 11 is 0. The number of hydrogen-bond acceptors (Lipinski definition) is 4. The van der Waals surface area contributed by atoms with E-state index >= 15 is 0 Å². The van der Waals surface area contributed by atoms with Crippen molar-refractivity contribution in [1.82, 2.24) is 15.1 Å². The van der Waals surface area contributed by atoms with Crippen LogP contribution in [0.2, 0.25) is 0 Å². The Hall–Kier alpha value is -1.63. The molecular weight excluding hydrogens is 364 g/mol. The quantitative estimate of drug-likeness (QED) is 0.391. The predicted molar refractivity (Wildman–Crippen MR) is 118 cm³/mol. The minimum Gasteiger partial charge on any atom is -0.385 e. The molecule has 29 heavy (non-hydrogen) atoms. The van der Waals surface area contributed by atoms with Crippen molar-refractivity contribution in [3.63, 3.8) is 0 Å². The highest BCUT2D eigenvalue weighted by Crippen LogP contribution is 2.24. The van der Waals surface area contributed by atoms with Crippen molar-refractivity contribution >= 4 is 5.96 Å². The first-order valence-corrected chi connectivity index (χ1v) is 11.2. The Morgan fingerprint density at radius 1 is 1.10 bits per heavy atom. The van der Waals surface area contributed by atoms with Gasteiger partial charge in [-0.2, -0.15) is 0 Å². The Labute approximate surface area is 176 Å². The van der Waals surface area contributed by atoms with Crippen LogP contribution >= 0.6 is 0 Å². The van der Waals surface area contributed by atoms with E-state index in [1.807, 2.05) is 7.05 Å². The summed E-state index contributed by atoms with van der Waals surface area (Å²) in [5.41, 5.74) is 1.39. The van der Waals surface area contributed by atoms with Gasteiger partial charge < -0.3 is 19.7 Å². The van der Waals surface area contributed by atoms with Crippen LogP contribution in [-0.2, 0) is 9.47 Å². The maximum atomic E-state index is 6.00. The normalized spacial score (nSPS) is 20.2. The average molecular weight is 403 g/mol. The van der Waals surface area contributed by atoms with Crippen molar-refractivity contribution in [2.24, 2.45) is 4.99 Å². The summed E-state index contributed by atoms with van der Waals surface area (Å²) in [5.74, 6) is 1.02. The Kier molecular flexibility index (Phi) is 9.25. The molecule has 2 saturated heterocycles. The van der Waals surface area contributed by atoms with Gasteiger partial charge >= 0.3 is 0 Å². The fourth-order valence-corrected chi connectivity index (χ4v) is 4.39. The summed E-state index contributed by atoms with van der Waals surface area (Å²) in [6.45, 7) is 6.82. The number of guanidine groups is 1. The number of rotatable bonds is 9. The van der Waals surface area contributed by atoms with Gasteiger partial charge in [-0.1, -0.05) is 30.3 Å². The fraction of sp³-hybridized carbons (Fsp3) is 0.696. The van der Waals surface area contributed by atoms with E-state index in [-0.39, 0.29) is 0 Å². The lowest BCUT2D eigenvalue weighted by atomic mass is 10.1. The Bertz CT molecular complexity index is 596. The molecule has 2 aliphatic heterocycles. The number of methoxy groups -OCH3 is 1. The van der Waals surface area contributed by atoms with Gasteiger partial charge in [0.15, 0.2) is 5.96 Å². The molecule has 2 fully saturated rings. The van der Waals surface area contributed by atoms with Crippen LogP contribution in [0.5, 0.6) is 0 Å². The number of nitrogens with one attached hydrogen (secondary N) is 1. The number of nitrogens with zero attached hydrogens (tertiary/aromatic N) is 3. The molecule has 0 aromatic heterocycles. The topological polar surface area (TPSA) is 49.3 Å². The molecule has 0 bridgehead atoms. The zero-order valence-electron chi connectivity index (χ0n) is 18.2. The van der Waals surface area contributed by atoms with Crippen molar-refractivity contribution in [2.75, 3.05) is 60.1 Å². The first-order valence-electron chi connectivity index (χ1n) is 11.2. The Morgan fingerprint density at radius 3 is 2.48 bits per heavy atom. The van der Waals surface area contributed by atoms with Crippen LogP contribution in [-0.4, -0.2) is 82.0 Å². The molecule has 0 saturated carbocycles. The zero-order chi connectivity index (χ0) is 20.3. The maximum absolute atomic E-state index is 6.00. The van der Waals surface area contributed by atoms with E-state index in [2.05, 4.69) is 50.4 Å². The molecule has 1 aromatic carbocycles. The van der Waals surface area contributed by atoms with Gasteiger partial charge in [-0.15, -0.1) is 0 Å². The van der Waals surface area contributed by atoms with Crippen molar-refractivity contribution in [1.29, 1.82) is 0 Å². The molecule has 1 aromatic rings. The summed E-state index contributed by atoms with van der Waals surface area (Å²) in [4.78, 5) is 9.55. The molecular formula is C23H38N4O2. The van der Waals surface area contributed by atoms with Gasteiger partial charge in [0.1, 0.15) is 0 Å². The van der Waals surface area contributed by atoms with Crippen LogP contribution in [0.1, 0.15) is 43.7 Å². The summed E-state index contributed by atoms with van der Waals surface area (Å²) in [6, 6.07) is 11.3. The standard InChI is InChI=1S/C23H38N4O2/c1-24-23(27-15-11-21(12-16-27)29-18-8-17-28-2)25-19-22(26-13-6-7-14-26)20-9-4-3-5-10-20/h3-5,9-10,21-22H,6-8,11-19H2,1-2H3,(H,24,25). The summed E-state index contributed by atoms with van der Waals surface area (Å²) in [5, 5.41) is 3.67. The summed E-state index contributed by atoms with van der Waals surface area (Å²) in [7, 11) is 3.63. The Balaban J connectivity index is 1.49. The molecule has 162 valence electrons. The van der Waals surface area contributed by atoms with Crippen LogP contribution in [0.4, 0.5) is 0 Å². The zero-order valence-corrected chi connectivity index (χ0v) is 18.2. The van der Waals surface area contributed by atoms with Gasteiger partial charge in [-0.05, 0) is 50.8 Å². The third-order valence-electron chi connectivity index (χ3n) is 6.02. The lowest BCUT2D eigenvalue weighted by Crippen LogP contribution is -2.49. The van der Waals surface area contributed by atoms with Crippen LogP contribution in [0.3, 0.4) is 0 Å². The second-order valence-corrected chi connectivity index (χ2v) is 8.00. The van der Waals surface area contributed by atoms with E-state index in [0.717, 1.165) is 58.1 Å². The van der Waals surface area contributed by atoms with Crippen LogP contribution in [0.15, 0.2) is 35.3 Å². The monoisotopic (exact) mass is 402 g/mol. The molecule has 0 amide bonds. The van der Waals surface area contributed by atoms with Crippen molar-refractivity contribution < 1.29 is 9.47 Å². The number of ether oxygens (including phenoxy) is 2. The van der Waals surface area contributed by atoms with Gasteiger partial charge in [0, 0.05) is 47.0 Å². The van der Waals surface area contributed by atoms with E-state index in [9.17, 15) is 0 Å². The van der Waals surface area contributed by atoms with Crippen molar-refractivity contribution in [3.05, 3.63) is 35.9 Å². The first kappa shape index (κ1) is 22.1. The highest BCUT2D eigenvalue weighted by Gasteiger charge is 2.26. The van der Waals surface area contributed by atoms with Crippen molar-refractivity contribution in [2.45, 2.75) is 44.2 Å². The molecule has 0 spiro atoms. The minimum atomic E-state index is 0.364. The second kappa shape index (κ2) is 12.2. The van der Waals surface area contributed by atoms with Gasteiger partial charge in [-0.3, -0.25) is 9.89 Å². The highest BCUT2D eigenvalue weighted by molar-refractivity contribution is 5.80. The Morgan fingerprint density at radius 2 is 1.83 bits per heavy atom. The molecule has 0 radical (unpaired) electrons. The summed E-state index contributed by atoms with van der Waals surface area (Å²) < 4.78 is 11.1. The lowest BCUT2D eigenvalue weighted by molar-refractivity contribution is 0.00986. The molecule has 6 nitrogen and oxygen atoms in total. The smallest absolute Gasteiger partial charge is 0.193 e. The SMILES string of the molecule is CN=C(NCC(c1ccccc1)N1CCCC1)N1CCC(OCCCOC)CC1. The van der Waals surface area contributed by atoms with Gasteiger partial charge in [0.05, 0.1) is 12.1 Å². The van der Waals surface area contributed by atoms with Crippen LogP contribution < -0.4 is 5.32 Å². The molecule has 2 heterocycles. The molecule has 1 unspecified atom stereocenters. The van der Waals surface area contributed by atoms with E-state index < -0.39 is 0 Å². The van der Waals surface area contributed by atoms with Crippen LogP contribution in [0, 0.1) is 0 Å². The van der Waals surface area contributed by atoms with E-state index in [1.165, 1.54) is 31.5 Å². The largest absolute Gasteiger partial charge is 0.385 e. The second-order valence-electron chi connectivity index (χ2n) is 8.00. The fourth-order valence-electron chi connectivity index (χ4n) is 4.39. The third kappa shape index (κ3) is 6.69. The third-order valence-corrected chi connectivity index (χ3v) is 6.02. The van der Waals surface area contributed by atoms with Gasteiger partial charge in [-0.25, -0.2) is 0 Å². The predicted octanol–water partition coefficient (Wildman–Crippen LogP) is 2.92. The number of aliphatic imine (C=N–C) groups is 1. The van der Waals surface area contributed by atoms with Gasteiger partial charge in [0.25, 0.3) is 0 Å². The van der Waals surface area contributed by atoms with Crippen LogP contribution in [0.25, 0.3) is 0 Å².